The highest BCUT2D eigenvalue weighted by molar-refractivity contribution is 14.0. The average molecular weight is 528 g/mol. The van der Waals surface area contributed by atoms with Crippen molar-refractivity contribution in [1.29, 1.82) is 0 Å². The van der Waals surface area contributed by atoms with E-state index < -0.39 is 0 Å². The second-order valence-corrected chi connectivity index (χ2v) is 7.86. The molecule has 30 heavy (non-hydrogen) atoms. The number of nitrogens with zero attached hydrogens (tertiary/aromatic N) is 6. The van der Waals surface area contributed by atoms with E-state index in [2.05, 4.69) is 44.6 Å². The molecule has 4 rings (SSSR count). The van der Waals surface area contributed by atoms with Crippen molar-refractivity contribution in [2.75, 3.05) is 13.7 Å². The fourth-order valence-electron chi connectivity index (χ4n) is 4.18. The van der Waals surface area contributed by atoms with Crippen LogP contribution >= 0.6 is 24.0 Å². The first-order valence-electron chi connectivity index (χ1n) is 10.8. The lowest BCUT2D eigenvalue weighted by Gasteiger charge is -2.25. The van der Waals surface area contributed by atoms with Crippen molar-refractivity contribution in [1.82, 2.24) is 35.2 Å². The van der Waals surface area contributed by atoms with Gasteiger partial charge >= 0.3 is 0 Å². The topological polar surface area (TPSA) is 94.2 Å². The maximum Gasteiger partial charge on any atom is 0.191 e. The molecule has 3 heterocycles. The summed E-state index contributed by atoms with van der Waals surface area (Å²) in [5.74, 6) is 2.62. The molecular formula is C20H33IN8O. The second kappa shape index (κ2) is 11.1. The van der Waals surface area contributed by atoms with Crippen LogP contribution < -0.4 is 10.6 Å². The van der Waals surface area contributed by atoms with Crippen molar-refractivity contribution in [3.63, 3.8) is 0 Å². The SMILES string of the molecule is CCNC(=NCc1ccn(C2CCCC2)n1)NC1CCc2nc(COC)nn2C1.I. The van der Waals surface area contributed by atoms with Crippen LogP contribution in [0.2, 0.25) is 0 Å². The Morgan fingerprint density at radius 3 is 2.87 bits per heavy atom. The van der Waals surface area contributed by atoms with Crippen LogP contribution in [0.15, 0.2) is 17.3 Å². The molecular weight excluding hydrogens is 495 g/mol. The summed E-state index contributed by atoms with van der Waals surface area (Å²) in [7, 11) is 1.67. The molecule has 9 nitrogen and oxygen atoms in total. The van der Waals surface area contributed by atoms with E-state index in [-0.39, 0.29) is 30.0 Å². The number of guanidine groups is 1. The minimum Gasteiger partial charge on any atom is -0.377 e. The van der Waals surface area contributed by atoms with Crippen molar-refractivity contribution < 1.29 is 4.74 Å². The fraction of sp³-hybridized carbons (Fsp3) is 0.700. The van der Waals surface area contributed by atoms with Crippen molar-refractivity contribution in [3.8, 4) is 0 Å². The molecule has 2 aliphatic rings. The molecule has 10 heteroatoms. The monoisotopic (exact) mass is 528 g/mol. The minimum atomic E-state index is 0. The van der Waals surface area contributed by atoms with Crippen LogP contribution in [0.1, 0.15) is 62.4 Å². The summed E-state index contributed by atoms with van der Waals surface area (Å²) in [6.07, 6.45) is 9.12. The third kappa shape index (κ3) is 5.71. The van der Waals surface area contributed by atoms with Gasteiger partial charge in [0.2, 0.25) is 0 Å². The van der Waals surface area contributed by atoms with Crippen LogP contribution in [0.5, 0.6) is 0 Å². The van der Waals surface area contributed by atoms with E-state index in [1.807, 2.05) is 4.68 Å². The number of fused-ring (bicyclic) bond motifs is 1. The lowest BCUT2D eigenvalue weighted by molar-refractivity contribution is 0.177. The van der Waals surface area contributed by atoms with Crippen molar-refractivity contribution in [3.05, 3.63) is 29.6 Å². The zero-order chi connectivity index (χ0) is 20.1. The zero-order valence-electron chi connectivity index (χ0n) is 17.9. The number of aliphatic imine (C=N–C) groups is 1. The number of nitrogens with one attached hydrogen (secondary N) is 2. The molecule has 1 unspecified atom stereocenters. The largest absolute Gasteiger partial charge is 0.377 e. The Hall–Kier alpha value is -1.69. The highest BCUT2D eigenvalue weighted by Crippen LogP contribution is 2.28. The minimum absolute atomic E-state index is 0. The number of aromatic nitrogens is 5. The molecule has 0 aromatic carbocycles. The molecule has 0 bridgehead atoms. The first-order valence-corrected chi connectivity index (χ1v) is 10.8. The molecule has 1 aliphatic heterocycles. The molecule has 2 aromatic heterocycles. The number of rotatable bonds is 7. The van der Waals surface area contributed by atoms with Gasteiger partial charge in [0.05, 0.1) is 24.8 Å². The van der Waals surface area contributed by atoms with Gasteiger partial charge in [-0.2, -0.15) is 10.2 Å². The molecule has 1 fully saturated rings. The van der Waals surface area contributed by atoms with Crippen LogP contribution in [0, 0.1) is 0 Å². The van der Waals surface area contributed by atoms with Crippen LogP contribution in [-0.4, -0.2) is 50.2 Å². The molecule has 0 radical (unpaired) electrons. The summed E-state index contributed by atoms with van der Waals surface area (Å²) in [6, 6.07) is 2.93. The van der Waals surface area contributed by atoms with Gasteiger partial charge in [0.15, 0.2) is 11.8 Å². The van der Waals surface area contributed by atoms with Gasteiger partial charge in [-0.25, -0.2) is 14.7 Å². The van der Waals surface area contributed by atoms with Crippen LogP contribution in [0.4, 0.5) is 0 Å². The fourth-order valence-corrected chi connectivity index (χ4v) is 4.18. The lowest BCUT2D eigenvalue weighted by atomic mass is 10.1. The third-order valence-electron chi connectivity index (χ3n) is 5.62. The van der Waals surface area contributed by atoms with E-state index in [0.29, 0.717) is 19.2 Å². The van der Waals surface area contributed by atoms with Crippen molar-refractivity contribution in [2.45, 2.75) is 77.2 Å². The molecule has 0 amide bonds. The Morgan fingerprint density at radius 2 is 2.10 bits per heavy atom. The summed E-state index contributed by atoms with van der Waals surface area (Å²) in [4.78, 5) is 9.31. The molecule has 1 atom stereocenters. The number of methoxy groups -OCH3 is 1. The summed E-state index contributed by atoms with van der Waals surface area (Å²) in [5.41, 5.74) is 1.01. The smallest absolute Gasteiger partial charge is 0.191 e. The van der Waals surface area contributed by atoms with E-state index in [0.717, 1.165) is 49.2 Å². The summed E-state index contributed by atoms with van der Waals surface area (Å²) in [5, 5.41) is 16.2. The Kier molecular flexibility index (Phi) is 8.49. The number of ether oxygens (including phenoxy) is 1. The van der Waals surface area contributed by atoms with E-state index in [1.54, 1.807) is 7.11 Å². The second-order valence-electron chi connectivity index (χ2n) is 7.86. The van der Waals surface area contributed by atoms with Gasteiger partial charge in [-0.3, -0.25) is 4.68 Å². The molecule has 1 aliphatic carbocycles. The Balaban J connectivity index is 0.00000256. The molecule has 0 saturated heterocycles. The molecule has 1 saturated carbocycles. The Bertz CT molecular complexity index is 827. The highest BCUT2D eigenvalue weighted by atomic mass is 127. The van der Waals surface area contributed by atoms with Crippen LogP contribution in [0.3, 0.4) is 0 Å². The first-order chi connectivity index (χ1) is 14.2. The lowest BCUT2D eigenvalue weighted by Crippen LogP contribution is -2.47. The van der Waals surface area contributed by atoms with Gasteiger partial charge in [0.25, 0.3) is 0 Å². The summed E-state index contributed by atoms with van der Waals surface area (Å²) in [6.45, 7) is 4.72. The highest BCUT2D eigenvalue weighted by Gasteiger charge is 2.22. The molecule has 166 valence electrons. The van der Waals surface area contributed by atoms with Gasteiger partial charge < -0.3 is 15.4 Å². The predicted molar refractivity (Wildman–Crippen MR) is 126 cm³/mol. The van der Waals surface area contributed by atoms with E-state index >= 15 is 0 Å². The van der Waals surface area contributed by atoms with E-state index in [4.69, 9.17) is 14.8 Å². The van der Waals surface area contributed by atoms with E-state index in [1.165, 1.54) is 25.7 Å². The quantitative estimate of drug-likeness (QED) is 0.326. The molecule has 2 N–H and O–H groups in total. The van der Waals surface area contributed by atoms with Gasteiger partial charge in [-0.15, -0.1) is 24.0 Å². The molecule has 0 spiro atoms. The summed E-state index contributed by atoms with van der Waals surface area (Å²) >= 11 is 0. The number of aryl methyl sites for hydroxylation is 1. The van der Waals surface area contributed by atoms with Crippen LogP contribution in [0.25, 0.3) is 0 Å². The van der Waals surface area contributed by atoms with Crippen molar-refractivity contribution >= 4 is 29.9 Å². The Labute approximate surface area is 195 Å². The maximum atomic E-state index is 5.15. The maximum absolute atomic E-state index is 5.15. The van der Waals surface area contributed by atoms with Gasteiger partial charge in [-0.1, -0.05) is 12.8 Å². The average Bonchev–Trinajstić information content (AvgIpc) is 3.46. The van der Waals surface area contributed by atoms with Gasteiger partial charge in [0.1, 0.15) is 12.4 Å². The van der Waals surface area contributed by atoms with Crippen molar-refractivity contribution in [2.24, 2.45) is 4.99 Å². The van der Waals surface area contributed by atoms with Gasteiger partial charge in [0, 0.05) is 32.3 Å². The first kappa shape index (κ1) is 23.0. The number of hydrogen-bond acceptors (Lipinski definition) is 5. The van der Waals surface area contributed by atoms with Gasteiger partial charge in [-0.05, 0) is 32.3 Å². The number of hydrogen-bond donors (Lipinski definition) is 2. The molecule has 2 aromatic rings. The zero-order valence-corrected chi connectivity index (χ0v) is 20.2. The summed E-state index contributed by atoms with van der Waals surface area (Å²) < 4.78 is 9.26. The van der Waals surface area contributed by atoms with E-state index in [9.17, 15) is 0 Å². The Morgan fingerprint density at radius 1 is 1.27 bits per heavy atom. The predicted octanol–water partition coefficient (Wildman–Crippen LogP) is 2.42. The van der Waals surface area contributed by atoms with Crippen LogP contribution in [-0.2, 0) is 30.9 Å². The normalized spacial score (nSPS) is 19.4. The third-order valence-corrected chi connectivity index (χ3v) is 5.62. The standard InChI is InChI=1S/C20H32N8O.HI/c1-3-21-20(22-12-15-10-11-27(25-15)17-6-4-5-7-17)23-16-8-9-19-24-18(14-29-2)26-28(19)13-16;/h10-11,16-17H,3-9,12-14H2,1-2H3,(H2,21,22,23);1H. The number of halogens is 1.